The van der Waals surface area contributed by atoms with Crippen molar-refractivity contribution in [2.45, 2.75) is 25.7 Å². The second-order valence-electron chi connectivity index (χ2n) is 6.82. The lowest BCUT2D eigenvalue weighted by Crippen LogP contribution is -2.35. The van der Waals surface area contributed by atoms with E-state index >= 15 is 0 Å². The third-order valence-electron chi connectivity index (χ3n) is 4.64. The van der Waals surface area contributed by atoms with Gasteiger partial charge in [-0.3, -0.25) is 4.79 Å². The Balaban J connectivity index is 1.93. The molecule has 2 aromatic carbocycles. The van der Waals surface area contributed by atoms with E-state index in [1.54, 1.807) is 31.2 Å². The van der Waals surface area contributed by atoms with Crippen molar-refractivity contribution in [1.82, 2.24) is 19.6 Å². The van der Waals surface area contributed by atoms with Gasteiger partial charge in [-0.15, -0.1) is 18.3 Å². The third-order valence-corrected chi connectivity index (χ3v) is 4.88. The van der Waals surface area contributed by atoms with Crippen LogP contribution in [0.4, 0.5) is 19.1 Å². The van der Waals surface area contributed by atoms with Gasteiger partial charge in [-0.25, -0.2) is 9.97 Å². The molecule has 4 aromatic rings. The second kappa shape index (κ2) is 8.15. The van der Waals surface area contributed by atoms with Crippen LogP contribution in [-0.2, 0) is 4.79 Å². The summed E-state index contributed by atoms with van der Waals surface area (Å²) >= 11 is 5.86. The fourth-order valence-electron chi connectivity index (χ4n) is 3.18. The summed E-state index contributed by atoms with van der Waals surface area (Å²) in [5.41, 5.74) is 6.27. The van der Waals surface area contributed by atoms with E-state index in [0.717, 1.165) is 6.07 Å². The largest absolute Gasteiger partial charge is 0.573 e. The molecular weight excluding hydrogens is 449 g/mol. The molecule has 12 heteroatoms. The topological polar surface area (TPSA) is 107 Å². The number of benzene rings is 2. The van der Waals surface area contributed by atoms with Crippen LogP contribution in [0.1, 0.15) is 13.3 Å². The predicted octanol–water partition coefficient (Wildman–Crippen LogP) is 4.17. The smallest absolute Gasteiger partial charge is 0.405 e. The van der Waals surface area contributed by atoms with Gasteiger partial charge in [0.1, 0.15) is 11.8 Å². The van der Waals surface area contributed by atoms with E-state index in [9.17, 15) is 18.0 Å². The summed E-state index contributed by atoms with van der Waals surface area (Å²) in [7, 11) is 0. The highest BCUT2D eigenvalue weighted by molar-refractivity contribution is 6.30. The zero-order valence-corrected chi connectivity index (χ0v) is 17.3. The van der Waals surface area contributed by atoms with Crippen LogP contribution >= 0.6 is 11.6 Å². The lowest BCUT2D eigenvalue weighted by Gasteiger charge is -2.15. The van der Waals surface area contributed by atoms with Gasteiger partial charge in [-0.05, 0) is 36.8 Å². The van der Waals surface area contributed by atoms with Gasteiger partial charge in [-0.2, -0.15) is 4.52 Å². The van der Waals surface area contributed by atoms with E-state index in [1.165, 1.54) is 16.6 Å². The number of hydrogen-bond donors (Lipinski definition) is 2. The Morgan fingerprint density at radius 2 is 2.00 bits per heavy atom. The van der Waals surface area contributed by atoms with Crippen molar-refractivity contribution in [3.63, 3.8) is 0 Å². The molecule has 0 spiro atoms. The molecule has 3 N–H and O–H groups in total. The number of hydrogen-bond acceptors (Lipinski definition) is 6. The number of carbonyl (C=O) groups excluding carboxylic acids is 1. The number of nitrogens with zero attached hydrogens (tertiary/aromatic N) is 4. The standard InChI is InChI=1S/C20H16ClF3N6O2/c1-2-13(16(25)31)26-19-27-14-6-4-3-5-11(14)18-28-17(29-30(18)19)12-8-7-10(21)9-15(12)32-20(22,23)24/h3-9,13H,2H2,1H3,(H2,25,31)(H,26,27)/t13-/m1/s1. The van der Waals surface area contributed by atoms with Crippen LogP contribution < -0.4 is 15.8 Å². The highest BCUT2D eigenvalue weighted by Crippen LogP contribution is 2.35. The number of nitrogens with one attached hydrogen (secondary N) is 1. The van der Waals surface area contributed by atoms with Crippen molar-refractivity contribution < 1.29 is 22.7 Å². The number of amides is 1. The molecule has 0 aliphatic rings. The Morgan fingerprint density at radius 3 is 2.69 bits per heavy atom. The number of nitrogens with two attached hydrogens (primary N) is 1. The molecule has 0 unspecified atom stereocenters. The molecule has 0 aliphatic carbocycles. The summed E-state index contributed by atoms with van der Waals surface area (Å²) in [5, 5.41) is 7.93. The zero-order chi connectivity index (χ0) is 23.0. The number of carbonyl (C=O) groups is 1. The minimum atomic E-state index is -4.94. The minimum absolute atomic E-state index is 0.0209. The fraction of sp³-hybridized carbons (Fsp3) is 0.200. The number of para-hydroxylation sites is 1. The van der Waals surface area contributed by atoms with Gasteiger partial charge in [0.2, 0.25) is 11.9 Å². The van der Waals surface area contributed by atoms with Crippen LogP contribution in [0.5, 0.6) is 5.75 Å². The summed E-state index contributed by atoms with van der Waals surface area (Å²) in [6, 6.07) is 10.1. The van der Waals surface area contributed by atoms with Gasteiger partial charge in [0, 0.05) is 10.4 Å². The first-order chi connectivity index (χ1) is 15.2. The summed E-state index contributed by atoms with van der Waals surface area (Å²) in [6.07, 6.45) is -4.55. The second-order valence-corrected chi connectivity index (χ2v) is 7.26. The van der Waals surface area contributed by atoms with E-state index in [1.807, 2.05) is 0 Å². The molecule has 4 rings (SSSR count). The molecule has 0 saturated carbocycles. The molecule has 166 valence electrons. The number of anilines is 1. The maximum atomic E-state index is 12.9. The first-order valence-electron chi connectivity index (χ1n) is 9.43. The third kappa shape index (κ3) is 4.24. The maximum Gasteiger partial charge on any atom is 0.573 e. The van der Waals surface area contributed by atoms with Crippen molar-refractivity contribution in [3.05, 3.63) is 47.5 Å². The van der Waals surface area contributed by atoms with Crippen molar-refractivity contribution in [3.8, 4) is 17.1 Å². The van der Waals surface area contributed by atoms with Gasteiger partial charge in [-0.1, -0.05) is 30.7 Å². The molecule has 2 heterocycles. The summed E-state index contributed by atoms with van der Waals surface area (Å²) < 4.78 is 44.2. The highest BCUT2D eigenvalue weighted by Gasteiger charge is 2.33. The van der Waals surface area contributed by atoms with E-state index in [-0.39, 0.29) is 22.4 Å². The van der Waals surface area contributed by atoms with Crippen molar-refractivity contribution in [2.24, 2.45) is 5.73 Å². The molecule has 32 heavy (non-hydrogen) atoms. The molecule has 2 aromatic heterocycles. The Morgan fingerprint density at radius 1 is 1.25 bits per heavy atom. The number of ether oxygens (including phenoxy) is 1. The SMILES string of the molecule is CC[C@@H](Nc1nc2ccccc2c2nc(-c3ccc(Cl)cc3OC(F)(F)F)nn12)C(N)=O. The molecule has 0 radical (unpaired) electrons. The molecule has 1 atom stereocenters. The fourth-order valence-corrected chi connectivity index (χ4v) is 3.35. The number of aromatic nitrogens is 4. The van der Waals surface area contributed by atoms with E-state index < -0.39 is 24.1 Å². The van der Waals surface area contributed by atoms with Crippen molar-refractivity contribution >= 4 is 40.0 Å². The van der Waals surface area contributed by atoms with Gasteiger partial charge < -0.3 is 15.8 Å². The normalized spacial score (nSPS) is 12.8. The van der Waals surface area contributed by atoms with Crippen LogP contribution in [0.15, 0.2) is 42.5 Å². The van der Waals surface area contributed by atoms with E-state index in [0.29, 0.717) is 23.0 Å². The number of rotatable bonds is 6. The summed E-state index contributed by atoms with van der Waals surface area (Å²) in [5.74, 6) is -1.02. The number of halogens is 4. The number of primary amides is 1. The summed E-state index contributed by atoms with van der Waals surface area (Å²) in [6.45, 7) is 1.77. The number of alkyl halides is 3. The average Bonchev–Trinajstić information content (AvgIpc) is 3.16. The van der Waals surface area contributed by atoms with Crippen LogP contribution in [-0.4, -0.2) is 37.9 Å². The monoisotopic (exact) mass is 464 g/mol. The van der Waals surface area contributed by atoms with Gasteiger partial charge in [0.05, 0.1) is 11.1 Å². The molecule has 8 nitrogen and oxygen atoms in total. The molecule has 0 saturated heterocycles. The minimum Gasteiger partial charge on any atom is -0.405 e. The first kappa shape index (κ1) is 21.6. The van der Waals surface area contributed by atoms with Crippen LogP contribution in [0.2, 0.25) is 5.02 Å². The van der Waals surface area contributed by atoms with Crippen LogP contribution in [0, 0.1) is 0 Å². The number of fused-ring (bicyclic) bond motifs is 3. The van der Waals surface area contributed by atoms with Crippen molar-refractivity contribution in [2.75, 3.05) is 5.32 Å². The van der Waals surface area contributed by atoms with Crippen molar-refractivity contribution in [1.29, 1.82) is 0 Å². The molecule has 0 aliphatic heterocycles. The van der Waals surface area contributed by atoms with E-state index in [2.05, 4.69) is 25.1 Å². The Kier molecular flexibility index (Phi) is 5.51. The Labute approximate surface area is 184 Å². The molecule has 0 bridgehead atoms. The Hall–Kier alpha value is -3.60. The first-order valence-corrected chi connectivity index (χ1v) is 9.81. The molecule has 0 fully saturated rings. The maximum absolute atomic E-state index is 12.9. The molecule has 1 amide bonds. The van der Waals surface area contributed by atoms with Gasteiger partial charge in [0.15, 0.2) is 11.5 Å². The average molecular weight is 465 g/mol. The predicted molar refractivity (Wildman–Crippen MR) is 112 cm³/mol. The van der Waals surface area contributed by atoms with Gasteiger partial charge in [0.25, 0.3) is 0 Å². The Bertz CT molecular complexity index is 1320. The lowest BCUT2D eigenvalue weighted by molar-refractivity contribution is -0.274. The van der Waals surface area contributed by atoms with Crippen LogP contribution in [0.3, 0.4) is 0 Å². The molecular formula is C20H16ClF3N6O2. The van der Waals surface area contributed by atoms with Crippen LogP contribution in [0.25, 0.3) is 27.9 Å². The lowest BCUT2D eigenvalue weighted by atomic mass is 10.2. The van der Waals surface area contributed by atoms with E-state index in [4.69, 9.17) is 17.3 Å². The quantitative estimate of drug-likeness (QED) is 0.443. The highest BCUT2D eigenvalue weighted by atomic mass is 35.5. The zero-order valence-electron chi connectivity index (χ0n) is 16.5. The van der Waals surface area contributed by atoms with Gasteiger partial charge >= 0.3 is 6.36 Å². The summed E-state index contributed by atoms with van der Waals surface area (Å²) in [4.78, 5) is 20.6.